The molecule has 1 aromatic heterocycles. The number of aliphatic hydroxyl groups excluding tert-OH is 1. The molecule has 1 aromatic carbocycles. The van der Waals surface area contributed by atoms with Crippen molar-refractivity contribution in [2.45, 2.75) is 25.6 Å². The van der Waals surface area contributed by atoms with Crippen molar-refractivity contribution in [2.24, 2.45) is 0 Å². The monoisotopic (exact) mass is 343 g/mol. The molecular weight excluding hydrogens is 327 g/mol. The van der Waals surface area contributed by atoms with Crippen LogP contribution >= 0.6 is 0 Å². The van der Waals surface area contributed by atoms with Crippen LogP contribution in [0.5, 0.6) is 0 Å². The summed E-state index contributed by atoms with van der Waals surface area (Å²) < 4.78 is 40.7. The highest BCUT2D eigenvalue weighted by atomic mass is 19.4. The number of nitrogens with one attached hydrogen (secondary N) is 2. The van der Waals surface area contributed by atoms with Crippen LogP contribution in [0.4, 0.5) is 23.7 Å². The average Bonchev–Trinajstić information content (AvgIpc) is 3.00. The van der Waals surface area contributed by atoms with Crippen LogP contribution in [0.25, 0.3) is 5.69 Å². The lowest BCUT2D eigenvalue weighted by molar-refractivity contribution is -0.137. The Hall–Kier alpha value is -2.62. The third kappa shape index (κ3) is 4.44. The molecule has 1 atom stereocenters. The number of alkyl halides is 3. The molecule has 10 heteroatoms. The number of urea groups is 1. The van der Waals surface area contributed by atoms with E-state index in [4.69, 9.17) is 5.11 Å². The minimum Gasteiger partial charge on any atom is -0.396 e. The van der Waals surface area contributed by atoms with Gasteiger partial charge in [-0.2, -0.15) is 18.3 Å². The number of aromatic nitrogens is 3. The largest absolute Gasteiger partial charge is 0.418 e. The van der Waals surface area contributed by atoms with Gasteiger partial charge in [0.2, 0.25) is 0 Å². The fraction of sp³-hybridized carbons (Fsp3) is 0.357. The SMILES string of the molecule is C[C@H](CCO)NC(=O)Nc1ccc(-n2cncn2)c(C(F)(F)F)c1. The Labute approximate surface area is 135 Å². The Morgan fingerprint density at radius 3 is 2.75 bits per heavy atom. The standard InChI is InChI=1S/C14H16F3N5O2/c1-9(4-5-23)20-13(24)21-10-2-3-12(22-8-18-7-19-22)11(6-10)14(15,16)17/h2-3,6-9,23H,4-5H2,1H3,(H2,20,21,24)/t9-/m1/s1. The number of hydrogen-bond donors (Lipinski definition) is 3. The highest BCUT2D eigenvalue weighted by Gasteiger charge is 2.34. The van der Waals surface area contributed by atoms with Gasteiger partial charge in [0.1, 0.15) is 12.7 Å². The normalized spacial score (nSPS) is 12.7. The summed E-state index contributed by atoms with van der Waals surface area (Å²) in [4.78, 5) is 15.4. The molecule has 0 bridgehead atoms. The Balaban J connectivity index is 2.22. The first-order chi connectivity index (χ1) is 11.3. The van der Waals surface area contributed by atoms with Gasteiger partial charge in [0, 0.05) is 18.3 Å². The van der Waals surface area contributed by atoms with E-state index < -0.39 is 17.8 Å². The van der Waals surface area contributed by atoms with Gasteiger partial charge < -0.3 is 15.7 Å². The highest BCUT2D eigenvalue weighted by molar-refractivity contribution is 5.89. The number of carbonyl (C=O) groups is 1. The van der Waals surface area contributed by atoms with Crippen LogP contribution in [-0.4, -0.2) is 38.6 Å². The summed E-state index contributed by atoms with van der Waals surface area (Å²) in [6.07, 6.45) is -2.00. The third-order valence-corrected chi connectivity index (χ3v) is 3.16. The highest BCUT2D eigenvalue weighted by Crippen LogP contribution is 2.35. The third-order valence-electron chi connectivity index (χ3n) is 3.16. The van der Waals surface area contributed by atoms with Crippen LogP contribution in [0.1, 0.15) is 18.9 Å². The van der Waals surface area contributed by atoms with Crippen LogP contribution in [-0.2, 0) is 6.18 Å². The van der Waals surface area contributed by atoms with E-state index in [1.165, 1.54) is 12.1 Å². The molecule has 0 fully saturated rings. The molecule has 0 saturated heterocycles. The molecule has 2 amide bonds. The number of anilines is 1. The molecule has 3 N–H and O–H groups in total. The van der Waals surface area contributed by atoms with Gasteiger partial charge in [-0.3, -0.25) is 0 Å². The lowest BCUT2D eigenvalue weighted by Gasteiger charge is -2.16. The molecule has 2 aromatic rings. The molecule has 0 radical (unpaired) electrons. The first-order valence-electron chi connectivity index (χ1n) is 7.06. The number of rotatable bonds is 5. The maximum atomic E-state index is 13.3. The fourth-order valence-corrected chi connectivity index (χ4v) is 2.03. The maximum absolute atomic E-state index is 13.3. The molecule has 0 unspecified atom stereocenters. The Kier molecular flexibility index (Phi) is 5.39. The maximum Gasteiger partial charge on any atom is 0.418 e. The number of halogens is 3. The Bertz CT molecular complexity index is 688. The summed E-state index contributed by atoms with van der Waals surface area (Å²) in [6, 6.07) is 2.39. The zero-order chi connectivity index (χ0) is 17.7. The minimum atomic E-state index is -4.63. The average molecular weight is 343 g/mol. The zero-order valence-corrected chi connectivity index (χ0v) is 12.7. The van der Waals surface area contributed by atoms with Gasteiger partial charge in [-0.15, -0.1) is 0 Å². The molecule has 24 heavy (non-hydrogen) atoms. The van der Waals surface area contributed by atoms with Crippen LogP contribution in [0.3, 0.4) is 0 Å². The van der Waals surface area contributed by atoms with Crippen molar-refractivity contribution in [1.82, 2.24) is 20.1 Å². The zero-order valence-electron chi connectivity index (χ0n) is 12.7. The van der Waals surface area contributed by atoms with Crippen LogP contribution in [0.15, 0.2) is 30.9 Å². The first kappa shape index (κ1) is 17.7. The first-order valence-corrected chi connectivity index (χ1v) is 7.06. The summed E-state index contributed by atoms with van der Waals surface area (Å²) in [5.74, 6) is 0. The number of amides is 2. The van der Waals surface area contributed by atoms with Crippen molar-refractivity contribution in [1.29, 1.82) is 0 Å². The Morgan fingerprint density at radius 2 is 2.17 bits per heavy atom. The van der Waals surface area contributed by atoms with E-state index in [2.05, 4.69) is 20.7 Å². The van der Waals surface area contributed by atoms with Crippen molar-refractivity contribution < 1.29 is 23.1 Å². The van der Waals surface area contributed by atoms with Gasteiger partial charge in [-0.25, -0.2) is 14.5 Å². The molecule has 0 saturated carbocycles. The quantitative estimate of drug-likeness (QED) is 0.776. The molecule has 0 spiro atoms. The molecule has 1 heterocycles. The number of nitrogens with zero attached hydrogens (tertiary/aromatic N) is 3. The molecule has 0 aliphatic carbocycles. The van der Waals surface area contributed by atoms with E-state index in [0.29, 0.717) is 6.42 Å². The number of benzene rings is 1. The van der Waals surface area contributed by atoms with Crippen molar-refractivity contribution in [3.05, 3.63) is 36.4 Å². The molecule has 130 valence electrons. The van der Waals surface area contributed by atoms with Crippen molar-refractivity contribution >= 4 is 11.7 Å². The van der Waals surface area contributed by atoms with Gasteiger partial charge in [0.05, 0.1) is 11.3 Å². The van der Waals surface area contributed by atoms with Crippen molar-refractivity contribution in [3.63, 3.8) is 0 Å². The predicted molar refractivity (Wildman–Crippen MR) is 79.7 cm³/mol. The van der Waals surface area contributed by atoms with Gasteiger partial charge >= 0.3 is 12.2 Å². The van der Waals surface area contributed by atoms with E-state index in [-0.39, 0.29) is 24.0 Å². The minimum absolute atomic E-state index is 0.0140. The molecular formula is C14H16F3N5O2. The van der Waals surface area contributed by atoms with E-state index >= 15 is 0 Å². The molecule has 7 nitrogen and oxygen atoms in total. The second-order valence-electron chi connectivity index (χ2n) is 5.08. The summed E-state index contributed by atoms with van der Waals surface area (Å²) in [5, 5.41) is 17.3. The number of carbonyl (C=O) groups excluding carboxylic acids is 1. The van der Waals surface area contributed by atoms with E-state index in [1.807, 2.05) is 0 Å². The van der Waals surface area contributed by atoms with Gasteiger partial charge in [0.15, 0.2) is 0 Å². The topological polar surface area (TPSA) is 92.1 Å². The predicted octanol–water partition coefficient (Wildman–Crippen LogP) is 2.18. The van der Waals surface area contributed by atoms with E-state index in [1.54, 1.807) is 6.92 Å². The van der Waals surface area contributed by atoms with Crippen LogP contribution in [0.2, 0.25) is 0 Å². The molecule has 0 aliphatic rings. The second kappa shape index (κ2) is 7.30. The van der Waals surface area contributed by atoms with Crippen molar-refractivity contribution in [2.75, 3.05) is 11.9 Å². The lowest BCUT2D eigenvalue weighted by atomic mass is 10.1. The van der Waals surface area contributed by atoms with Crippen LogP contribution in [0, 0.1) is 0 Å². The lowest BCUT2D eigenvalue weighted by Crippen LogP contribution is -2.36. The van der Waals surface area contributed by atoms with Gasteiger partial charge in [0.25, 0.3) is 0 Å². The number of hydrogen-bond acceptors (Lipinski definition) is 4. The fourth-order valence-electron chi connectivity index (χ4n) is 2.03. The van der Waals surface area contributed by atoms with Crippen molar-refractivity contribution in [3.8, 4) is 5.69 Å². The summed E-state index contributed by atoms with van der Waals surface area (Å²) >= 11 is 0. The van der Waals surface area contributed by atoms with Gasteiger partial charge in [-0.05, 0) is 31.5 Å². The van der Waals surface area contributed by atoms with E-state index in [0.717, 1.165) is 23.4 Å². The smallest absolute Gasteiger partial charge is 0.396 e. The summed E-state index contributed by atoms with van der Waals surface area (Å²) in [7, 11) is 0. The summed E-state index contributed by atoms with van der Waals surface area (Å²) in [6.45, 7) is 1.57. The second-order valence-corrected chi connectivity index (χ2v) is 5.08. The number of aliphatic hydroxyl groups is 1. The molecule has 2 rings (SSSR count). The summed E-state index contributed by atoms with van der Waals surface area (Å²) in [5.41, 5.74) is -1.16. The van der Waals surface area contributed by atoms with E-state index in [9.17, 15) is 18.0 Å². The Morgan fingerprint density at radius 1 is 1.42 bits per heavy atom. The van der Waals surface area contributed by atoms with Crippen LogP contribution < -0.4 is 10.6 Å². The van der Waals surface area contributed by atoms with Gasteiger partial charge in [-0.1, -0.05) is 0 Å². The molecule has 0 aliphatic heterocycles.